The van der Waals surface area contributed by atoms with Crippen molar-refractivity contribution >= 4 is 18.0 Å². The second kappa shape index (κ2) is 7.27. The first-order valence-electron chi connectivity index (χ1n) is 5.83. The van der Waals surface area contributed by atoms with Crippen molar-refractivity contribution in [2.75, 3.05) is 0 Å². The number of aliphatic carboxylic acids is 1. The summed E-state index contributed by atoms with van der Waals surface area (Å²) in [4.78, 5) is 21.9. The van der Waals surface area contributed by atoms with E-state index in [-0.39, 0.29) is 5.91 Å². The lowest BCUT2D eigenvalue weighted by Gasteiger charge is -2.07. The van der Waals surface area contributed by atoms with Crippen molar-refractivity contribution in [3.8, 4) is 0 Å². The van der Waals surface area contributed by atoms with E-state index in [1.165, 1.54) is 6.92 Å². The minimum Gasteiger partial charge on any atom is -0.480 e. The molecular formula is C14H17NO3. The maximum atomic E-state index is 11.4. The van der Waals surface area contributed by atoms with Gasteiger partial charge in [0, 0.05) is 6.42 Å². The molecule has 0 unspecified atom stereocenters. The monoisotopic (exact) mass is 247 g/mol. The molecule has 1 aromatic carbocycles. The van der Waals surface area contributed by atoms with Crippen molar-refractivity contribution in [1.82, 2.24) is 5.32 Å². The van der Waals surface area contributed by atoms with E-state index < -0.39 is 12.0 Å². The molecular weight excluding hydrogens is 230 g/mol. The molecule has 0 heterocycles. The van der Waals surface area contributed by atoms with E-state index in [9.17, 15) is 9.59 Å². The lowest BCUT2D eigenvalue weighted by Crippen LogP contribution is -2.38. The molecule has 0 fully saturated rings. The third-order valence-electron chi connectivity index (χ3n) is 2.40. The van der Waals surface area contributed by atoms with Crippen molar-refractivity contribution in [3.63, 3.8) is 0 Å². The first kappa shape index (κ1) is 14.0. The first-order chi connectivity index (χ1) is 8.59. The highest BCUT2D eigenvalue weighted by Gasteiger charge is 2.12. The molecule has 2 N–H and O–H groups in total. The predicted octanol–water partition coefficient (Wildman–Crippen LogP) is 2.07. The average Bonchev–Trinajstić information content (AvgIpc) is 2.35. The molecule has 1 amide bonds. The molecule has 0 saturated carbocycles. The molecule has 4 heteroatoms. The summed E-state index contributed by atoms with van der Waals surface area (Å²) >= 11 is 0. The number of carbonyl (C=O) groups is 2. The smallest absolute Gasteiger partial charge is 0.325 e. The highest BCUT2D eigenvalue weighted by Crippen LogP contribution is 2.03. The van der Waals surface area contributed by atoms with Crippen LogP contribution < -0.4 is 5.32 Å². The largest absolute Gasteiger partial charge is 0.480 e. The summed E-state index contributed by atoms with van der Waals surface area (Å²) in [6.07, 6.45) is 4.72. The second-order valence-electron chi connectivity index (χ2n) is 3.98. The van der Waals surface area contributed by atoms with Crippen molar-refractivity contribution in [1.29, 1.82) is 0 Å². The highest BCUT2D eigenvalue weighted by molar-refractivity contribution is 5.83. The molecule has 0 aromatic heterocycles. The minimum absolute atomic E-state index is 0.248. The molecule has 18 heavy (non-hydrogen) atoms. The van der Waals surface area contributed by atoms with Gasteiger partial charge in [0.15, 0.2) is 0 Å². The van der Waals surface area contributed by atoms with E-state index in [4.69, 9.17) is 5.11 Å². The Labute approximate surface area is 106 Å². The number of carboxylic acids is 1. The number of carbonyl (C=O) groups excluding carboxylic acids is 1. The van der Waals surface area contributed by atoms with Crippen LogP contribution >= 0.6 is 0 Å². The van der Waals surface area contributed by atoms with Crippen LogP contribution in [0.2, 0.25) is 0 Å². The van der Waals surface area contributed by atoms with Gasteiger partial charge >= 0.3 is 5.97 Å². The lowest BCUT2D eigenvalue weighted by molar-refractivity contribution is -0.141. The van der Waals surface area contributed by atoms with Gasteiger partial charge in [-0.2, -0.15) is 0 Å². The molecule has 96 valence electrons. The normalized spacial score (nSPS) is 12.3. The van der Waals surface area contributed by atoms with Gasteiger partial charge in [-0.1, -0.05) is 42.5 Å². The molecule has 0 radical (unpaired) electrons. The van der Waals surface area contributed by atoms with Crippen molar-refractivity contribution in [2.24, 2.45) is 0 Å². The fourth-order valence-corrected chi connectivity index (χ4v) is 1.37. The summed E-state index contributed by atoms with van der Waals surface area (Å²) in [6, 6.07) is 8.95. The zero-order valence-corrected chi connectivity index (χ0v) is 10.3. The van der Waals surface area contributed by atoms with Gasteiger partial charge in [-0.3, -0.25) is 9.59 Å². The number of hydrogen-bond acceptors (Lipinski definition) is 2. The van der Waals surface area contributed by atoms with Gasteiger partial charge < -0.3 is 10.4 Å². The Morgan fingerprint density at radius 1 is 1.33 bits per heavy atom. The molecule has 0 aliphatic heterocycles. The first-order valence-corrected chi connectivity index (χ1v) is 5.83. The van der Waals surface area contributed by atoms with E-state index in [0.717, 1.165) is 5.56 Å². The zero-order chi connectivity index (χ0) is 13.4. The molecule has 0 saturated heterocycles. The number of carboxylic acid groups (broad SMARTS) is 1. The number of benzene rings is 1. The fraction of sp³-hybridized carbons (Fsp3) is 0.286. The third-order valence-corrected chi connectivity index (χ3v) is 2.40. The van der Waals surface area contributed by atoms with E-state index >= 15 is 0 Å². The van der Waals surface area contributed by atoms with Crippen LogP contribution in [0.5, 0.6) is 0 Å². The SMILES string of the molecule is C[C@@H](NC(=O)CC/C=C/c1ccccc1)C(=O)O. The highest BCUT2D eigenvalue weighted by atomic mass is 16.4. The molecule has 1 atom stereocenters. The Balaban J connectivity index is 2.28. The van der Waals surface area contributed by atoms with Gasteiger partial charge in [0.25, 0.3) is 0 Å². The van der Waals surface area contributed by atoms with E-state index in [1.54, 1.807) is 0 Å². The van der Waals surface area contributed by atoms with Gasteiger partial charge in [-0.25, -0.2) is 0 Å². The van der Waals surface area contributed by atoms with Crippen LogP contribution in [-0.4, -0.2) is 23.0 Å². The Morgan fingerprint density at radius 2 is 2.00 bits per heavy atom. The molecule has 4 nitrogen and oxygen atoms in total. The van der Waals surface area contributed by atoms with Crippen LogP contribution in [0.25, 0.3) is 6.08 Å². The summed E-state index contributed by atoms with van der Waals surface area (Å²) in [5, 5.41) is 11.0. The summed E-state index contributed by atoms with van der Waals surface area (Å²) in [7, 11) is 0. The van der Waals surface area contributed by atoms with Crippen LogP contribution in [0.3, 0.4) is 0 Å². The van der Waals surface area contributed by atoms with E-state index in [2.05, 4.69) is 5.32 Å². The van der Waals surface area contributed by atoms with Gasteiger partial charge in [0.2, 0.25) is 5.91 Å². The average molecular weight is 247 g/mol. The maximum absolute atomic E-state index is 11.4. The topological polar surface area (TPSA) is 66.4 Å². The molecule has 1 rings (SSSR count). The number of amides is 1. The van der Waals surface area contributed by atoms with Gasteiger partial charge in [0.05, 0.1) is 0 Å². The van der Waals surface area contributed by atoms with Gasteiger partial charge in [-0.15, -0.1) is 0 Å². The second-order valence-corrected chi connectivity index (χ2v) is 3.98. The lowest BCUT2D eigenvalue weighted by atomic mass is 10.2. The number of hydrogen-bond donors (Lipinski definition) is 2. The summed E-state index contributed by atoms with van der Waals surface area (Å²) in [5.74, 6) is -1.27. The molecule has 0 aliphatic rings. The molecule has 0 aliphatic carbocycles. The summed E-state index contributed by atoms with van der Waals surface area (Å²) in [6.45, 7) is 1.44. The summed E-state index contributed by atoms with van der Waals surface area (Å²) < 4.78 is 0. The Morgan fingerprint density at radius 3 is 2.61 bits per heavy atom. The number of rotatable bonds is 6. The third kappa shape index (κ3) is 5.30. The Bertz CT molecular complexity index is 426. The predicted molar refractivity (Wildman–Crippen MR) is 70.0 cm³/mol. The van der Waals surface area contributed by atoms with Crippen LogP contribution in [-0.2, 0) is 9.59 Å². The van der Waals surface area contributed by atoms with E-state index in [1.807, 2.05) is 42.5 Å². The van der Waals surface area contributed by atoms with E-state index in [0.29, 0.717) is 12.8 Å². The Kier molecular flexibility index (Phi) is 5.64. The quantitative estimate of drug-likeness (QED) is 0.808. The maximum Gasteiger partial charge on any atom is 0.325 e. The zero-order valence-electron chi connectivity index (χ0n) is 10.3. The number of allylic oxidation sites excluding steroid dienone is 1. The molecule has 0 bridgehead atoms. The standard InChI is InChI=1S/C14H17NO3/c1-11(14(17)18)15-13(16)10-6-5-9-12-7-3-2-4-8-12/h2-5,7-9,11H,6,10H2,1H3,(H,15,16)(H,17,18)/b9-5+/t11-/m1/s1. The van der Waals surface area contributed by atoms with Crippen LogP contribution in [0.1, 0.15) is 25.3 Å². The van der Waals surface area contributed by atoms with Gasteiger partial charge in [0.1, 0.15) is 6.04 Å². The van der Waals surface area contributed by atoms with Crippen LogP contribution in [0.15, 0.2) is 36.4 Å². The fourth-order valence-electron chi connectivity index (χ4n) is 1.37. The Hall–Kier alpha value is -2.10. The van der Waals surface area contributed by atoms with Crippen molar-refractivity contribution in [2.45, 2.75) is 25.8 Å². The number of nitrogens with one attached hydrogen (secondary N) is 1. The molecule has 0 spiro atoms. The van der Waals surface area contributed by atoms with Crippen molar-refractivity contribution in [3.05, 3.63) is 42.0 Å². The van der Waals surface area contributed by atoms with Crippen LogP contribution in [0, 0.1) is 0 Å². The van der Waals surface area contributed by atoms with Gasteiger partial charge in [-0.05, 0) is 18.9 Å². The summed E-state index contributed by atoms with van der Waals surface area (Å²) in [5.41, 5.74) is 1.08. The molecule has 1 aromatic rings. The van der Waals surface area contributed by atoms with Crippen LogP contribution in [0.4, 0.5) is 0 Å². The minimum atomic E-state index is -1.02. The van der Waals surface area contributed by atoms with Crippen molar-refractivity contribution < 1.29 is 14.7 Å².